The molecule has 1 amide bonds. The van der Waals surface area contributed by atoms with Crippen molar-refractivity contribution < 1.29 is 26.4 Å². The summed E-state index contributed by atoms with van der Waals surface area (Å²) < 4.78 is 64.9. The van der Waals surface area contributed by atoms with E-state index in [0.29, 0.717) is 11.3 Å². The van der Waals surface area contributed by atoms with E-state index in [4.69, 9.17) is 0 Å². The van der Waals surface area contributed by atoms with Crippen molar-refractivity contribution in [3.63, 3.8) is 0 Å². The minimum atomic E-state index is -4.55. The molecule has 0 aliphatic carbocycles. The van der Waals surface area contributed by atoms with Crippen molar-refractivity contribution >= 4 is 44.2 Å². The van der Waals surface area contributed by atoms with E-state index in [-0.39, 0.29) is 10.5 Å². The van der Waals surface area contributed by atoms with E-state index in [2.05, 4.69) is 27.3 Å². The van der Waals surface area contributed by atoms with Crippen LogP contribution in [0.15, 0.2) is 47.4 Å². The third-order valence-corrected chi connectivity index (χ3v) is 5.32. The first kappa shape index (κ1) is 20.5. The lowest BCUT2D eigenvalue weighted by Gasteiger charge is -2.12. The van der Waals surface area contributed by atoms with Gasteiger partial charge in [-0.2, -0.15) is 13.2 Å². The Morgan fingerprint density at radius 3 is 2.46 bits per heavy atom. The van der Waals surface area contributed by atoms with Crippen LogP contribution in [0.5, 0.6) is 0 Å². The third-order valence-electron chi connectivity index (χ3n) is 3.29. The first-order valence-corrected chi connectivity index (χ1v) is 9.78. The molecule has 0 aliphatic heterocycles. The summed E-state index contributed by atoms with van der Waals surface area (Å²) in [5.74, 6) is -1.01. The Hall–Kier alpha value is -1.82. The number of carbonyl (C=O) groups excluding carboxylic acids is 1. The second kappa shape index (κ2) is 7.82. The van der Waals surface area contributed by atoms with Gasteiger partial charge in [-0.3, -0.25) is 9.52 Å². The smallest absolute Gasteiger partial charge is 0.343 e. The van der Waals surface area contributed by atoms with Gasteiger partial charge in [0.1, 0.15) is 6.54 Å². The number of sulfonamides is 1. The van der Waals surface area contributed by atoms with E-state index in [1.807, 2.05) is 0 Å². The third kappa shape index (κ3) is 5.59. The molecule has 2 N–H and O–H groups in total. The first-order valence-electron chi connectivity index (χ1n) is 7.22. The Balaban J connectivity index is 2.23. The summed E-state index contributed by atoms with van der Waals surface area (Å²) >= 11 is 2.09. The molecule has 10 heteroatoms. The van der Waals surface area contributed by atoms with Crippen LogP contribution in [0.1, 0.15) is 15.9 Å². The number of halogens is 4. The number of nitrogens with one attached hydrogen (secondary N) is 2. The van der Waals surface area contributed by atoms with Crippen LogP contribution in [0.2, 0.25) is 0 Å². The Kier molecular flexibility index (Phi) is 6.17. The van der Waals surface area contributed by atoms with Crippen LogP contribution < -0.4 is 10.0 Å². The molecule has 0 atom stereocenters. The van der Waals surface area contributed by atoms with Crippen LogP contribution in [0.4, 0.5) is 18.9 Å². The van der Waals surface area contributed by atoms with Gasteiger partial charge >= 0.3 is 6.18 Å². The molecule has 0 radical (unpaired) electrons. The molecule has 5 nitrogen and oxygen atoms in total. The van der Waals surface area contributed by atoms with Crippen LogP contribution >= 0.6 is 22.6 Å². The van der Waals surface area contributed by atoms with Crippen LogP contribution in [-0.2, 0) is 10.0 Å². The first-order chi connectivity index (χ1) is 12.0. The zero-order valence-electron chi connectivity index (χ0n) is 13.4. The fraction of sp³-hybridized carbons (Fsp3) is 0.188. The van der Waals surface area contributed by atoms with E-state index in [1.165, 1.54) is 18.2 Å². The molecule has 2 rings (SSSR count). The average Bonchev–Trinajstić information content (AvgIpc) is 2.54. The largest absolute Gasteiger partial charge is 0.405 e. The number of hydrogen-bond acceptors (Lipinski definition) is 3. The van der Waals surface area contributed by atoms with Crippen molar-refractivity contribution in [2.24, 2.45) is 0 Å². The number of aryl methyl sites for hydroxylation is 1. The van der Waals surface area contributed by atoms with Crippen molar-refractivity contribution in [2.75, 3.05) is 11.3 Å². The van der Waals surface area contributed by atoms with Crippen LogP contribution in [0.3, 0.4) is 0 Å². The van der Waals surface area contributed by atoms with Gasteiger partial charge in [-0.05, 0) is 71.5 Å². The van der Waals surface area contributed by atoms with Gasteiger partial charge < -0.3 is 5.32 Å². The number of anilines is 1. The molecule has 0 aromatic heterocycles. The Morgan fingerprint density at radius 1 is 1.15 bits per heavy atom. The van der Waals surface area contributed by atoms with E-state index in [9.17, 15) is 26.4 Å². The molecule has 0 bridgehead atoms. The molecule has 2 aromatic rings. The summed E-state index contributed by atoms with van der Waals surface area (Å²) in [7, 11) is -4.00. The zero-order valence-corrected chi connectivity index (χ0v) is 16.4. The number of rotatable bonds is 5. The second-order valence-corrected chi connectivity index (χ2v) is 8.32. The maximum Gasteiger partial charge on any atom is 0.405 e. The van der Waals surface area contributed by atoms with Crippen molar-refractivity contribution in [1.82, 2.24) is 5.32 Å². The van der Waals surface area contributed by atoms with Crippen LogP contribution in [-0.4, -0.2) is 27.0 Å². The molecule has 0 saturated carbocycles. The quantitative estimate of drug-likeness (QED) is 0.618. The lowest BCUT2D eigenvalue weighted by molar-refractivity contribution is -0.123. The monoisotopic (exact) mass is 498 g/mol. The molecular weight excluding hydrogens is 484 g/mol. The second-order valence-electron chi connectivity index (χ2n) is 5.39. The number of hydrogen-bond donors (Lipinski definition) is 2. The topological polar surface area (TPSA) is 75.3 Å². The van der Waals surface area contributed by atoms with Gasteiger partial charge in [0.05, 0.1) is 10.6 Å². The molecule has 0 saturated heterocycles. The van der Waals surface area contributed by atoms with Crippen molar-refractivity contribution in [1.29, 1.82) is 0 Å². The number of alkyl halides is 3. The summed E-state index contributed by atoms with van der Waals surface area (Å²) in [6.07, 6.45) is -4.55. The maximum atomic E-state index is 12.5. The minimum absolute atomic E-state index is 0.184. The van der Waals surface area contributed by atoms with E-state index >= 15 is 0 Å². The van der Waals surface area contributed by atoms with E-state index in [1.54, 1.807) is 30.4 Å². The van der Waals surface area contributed by atoms with Crippen molar-refractivity contribution in [3.8, 4) is 0 Å². The Labute approximate surface area is 162 Å². The molecular formula is C16H14F3IN2O3S. The summed E-state index contributed by atoms with van der Waals surface area (Å²) in [6.45, 7) is 0.240. The van der Waals surface area contributed by atoms with Crippen molar-refractivity contribution in [2.45, 2.75) is 18.0 Å². The lowest BCUT2D eigenvalue weighted by Crippen LogP contribution is -2.33. The standard InChI is InChI=1S/C16H14F3IN2O3S/c1-10-7-12(20)5-6-14(10)22-26(24,25)13-4-2-3-11(8-13)15(23)21-9-16(17,18)19/h2-8,22H,9H2,1H3,(H,21,23). The minimum Gasteiger partial charge on any atom is -0.343 e. The highest BCUT2D eigenvalue weighted by molar-refractivity contribution is 14.1. The van der Waals surface area contributed by atoms with E-state index < -0.39 is 28.7 Å². The molecule has 2 aromatic carbocycles. The normalized spacial score (nSPS) is 11.9. The van der Waals surface area contributed by atoms with Crippen LogP contribution in [0, 0.1) is 10.5 Å². The summed E-state index contributed by atoms with van der Waals surface area (Å²) in [6, 6.07) is 9.93. The fourth-order valence-electron chi connectivity index (χ4n) is 2.03. The number of amides is 1. The Morgan fingerprint density at radius 2 is 1.85 bits per heavy atom. The predicted octanol–water partition coefficient (Wildman–Crippen LogP) is 3.69. The zero-order chi connectivity index (χ0) is 19.5. The maximum absolute atomic E-state index is 12.5. The SMILES string of the molecule is Cc1cc(I)ccc1NS(=O)(=O)c1cccc(C(=O)NCC(F)(F)F)c1. The molecule has 140 valence electrons. The van der Waals surface area contributed by atoms with Gasteiger partial charge in [-0.15, -0.1) is 0 Å². The summed E-state index contributed by atoms with van der Waals surface area (Å²) in [5, 5.41) is 1.70. The van der Waals surface area contributed by atoms with Gasteiger partial charge in [0.2, 0.25) is 0 Å². The van der Waals surface area contributed by atoms with Gasteiger partial charge in [0.25, 0.3) is 15.9 Å². The molecule has 0 spiro atoms. The number of benzene rings is 2. The average molecular weight is 498 g/mol. The predicted molar refractivity (Wildman–Crippen MR) is 99.5 cm³/mol. The lowest BCUT2D eigenvalue weighted by atomic mass is 10.2. The van der Waals surface area contributed by atoms with Crippen LogP contribution in [0.25, 0.3) is 0 Å². The summed E-state index contributed by atoms with van der Waals surface area (Å²) in [4.78, 5) is 11.6. The highest BCUT2D eigenvalue weighted by Crippen LogP contribution is 2.22. The van der Waals surface area contributed by atoms with Gasteiger partial charge in [0, 0.05) is 9.13 Å². The van der Waals surface area contributed by atoms with Crippen molar-refractivity contribution in [3.05, 3.63) is 57.2 Å². The number of carbonyl (C=O) groups is 1. The molecule has 0 fully saturated rings. The Bertz CT molecular complexity index is 931. The highest BCUT2D eigenvalue weighted by atomic mass is 127. The summed E-state index contributed by atoms with van der Waals surface area (Å²) in [5.41, 5.74) is 0.897. The molecule has 0 heterocycles. The highest BCUT2D eigenvalue weighted by Gasteiger charge is 2.28. The van der Waals surface area contributed by atoms with E-state index in [0.717, 1.165) is 9.64 Å². The molecule has 0 unspecified atom stereocenters. The van der Waals surface area contributed by atoms with Gasteiger partial charge in [-0.25, -0.2) is 8.42 Å². The fourth-order valence-corrected chi connectivity index (χ4v) is 3.86. The molecule has 0 aliphatic rings. The van der Waals surface area contributed by atoms with Gasteiger partial charge in [0.15, 0.2) is 0 Å². The van der Waals surface area contributed by atoms with Gasteiger partial charge in [-0.1, -0.05) is 6.07 Å². The molecule has 26 heavy (non-hydrogen) atoms.